The number of nitrogens with one attached hydrogen (secondary N) is 1. The van der Waals surface area contributed by atoms with Gasteiger partial charge in [0.1, 0.15) is 0 Å². The molecule has 0 saturated heterocycles. The molecule has 0 bridgehead atoms. The minimum atomic E-state index is -0.845. The summed E-state index contributed by atoms with van der Waals surface area (Å²) in [4.78, 5) is 24.6. The minimum Gasteiger partial charge on any atom is -0.466 e. The van der Waals surface area contributed by atoms with Crippen molar-refractivity contribution in [1.82, 2.24) is 5.32 Å². The van der Waals surface area contributed by atoms with E-state index in [2.05, 4.69) is 19.2 Å². The summed E-state index contributed by atoms with van der Waals surface area (Å²) < 4.78 is 5.49. The number of esters is 1. The Kier molecular flexibility index (Phi) is 64.9. The highest BCUT2D eigenvalue weighted by Crippen LogP contribution is 2.19. The van der Waals surface area contributed by atoms with Crippen molar-refractivity contribution in [2.24, 2.45) is 0 Å². The van der Waals surface area contributed by atoms with Gasteiger partial charge in [0.05, 0.1) is 25.4 Å². The maximum absolute atomic E-state index is 12.5. The molecule has 0 spiro atoms. The minimum absolute atomic E-state index is 0.0161. The molecule has 0 aromatic rings. The summed E-state index contributed by atoms with van der Waals surface area (Å²) in [5.74, 6) is -0.0471. The van der Waals surface area contributed by atoms with E-state index in [9.17, 15) is 19.8 Å². The van der Waals surface area contributed by atoms with Gasteiger partial charge in [0.25, 0.3) is 0 Å². The molecule has 0 aliphatic rings. The normalized spacial score (nSPS) is 12.5. The fourth-order valence-corrected chi connectivity index (χ4v) is 11.2. The van der Waals surface area contributed by atoms with Crippen molar-refractivity contribution in [3.63, 3.8) is 0 Å². The monoisotopic (exact) mass is 1070 g/mol. The number of aliphatic hydroxyl groups is 2. The Morgan fingerprint density at radius 1 is 0.355 bits per heavy atom. The van der Waals surface area contributed by atoms with Crippen LogP contribution < -0.4 is 5.32 Å². The maximum atomic E-state index is 12.5. The van der Waals surface area contributed by atoms with E-state index in [1.807, 2.05) is 6.08 Å². The standard InChI is InChI=1S/C70H137NO5/c1-3-5-7-9-11-13-15-17-19-20-21-22-23-26-29-32-35-38-42-46-50-54-58-62-68(73)67(66-72)71-69(74)63-59-55-51-47-43-39-36-33-30-27-24-25-28-31-34-37-41-45-49-53-57-61-65-76-70(75)64-60-56-52-48-44-40-18-16-14-12-10-8-6-4-2/h58,62,67-68,72-73H,3-57,59-61,63-66H2,1-2H3,(H,71,74)/b62-58+. The van der Waals surface area contributed by atoms with Gasteiger partial charge in [-0.1, -0.05) is 366 Å². The molecular weight excluding hydrogens is 935 g/mol. The van der Waals surface area contributed by atoms with Crippen molar-refractivity contribution in [2.75, 3.05) is 13.2 Å². The van der Waals surface area contributed by atoms with Crippen LogP contribution in [0.4, 0.5) is 0 Å². The van der Waals surface area contributed by atoms with Gasteiger partial charge in [0.2, 0.25) is 5.91 Å². The molecule has 0 aromatic carbocycles. The molecule has 0 aliphatic heterocycles. The van der Waals surface area contributed by atoms with Crippen LogP contribution in [-0.2, 0) is 14.3 Å². The lowest BCUT2D eigenvalue weighted by molar-refractivity contribution is -0.143. The largest absolute Gasteiger partial charge is 0.466 e. The van der Waals surface area contributed by atoms with Crippen LogP contribution in [0.5, 0.6) is 0 Å². The van der Waals surface area contributed by atoms with Crippen LogP contribution in [0.25, 0.3) is 0 Å². The topological polar surface area (TPSA) is 95.9 Å². The number of allylic oxidation sites excluding steroid dienone is 1. The Morgan fingerprint density at radius 3 is 0.895 bits per heavy atom. The Hall–Kier alpha value is -1.40. The molecule has 1 amide bonds. The van der Waals surface area contributed by atoms with Gasteiger partial charge in [0.15, 0.2) is 0 Å². The summed E-state index contributed by atoms with van der Waals surface area (Å²) in [5, 5.41) is 23.3. The van der Waals surface area contributed by atoms with Gasteiger partial charge in [-0.2, -0.15) is 0 Å². The summed E-state index contributed by atoms with van der Waals surface area (Å²) in [6.45, 7) is 4.95. The first kappa shape index (κ1) is 74.6. The number of unbranched alkanes of at least 4 members (excludes halogenated alkanes) is 55. The van der Waals surface area contributed by atoms with Gasteiger partial charge in [-0.25, -0.2) is 0 Å². The third-order valence-corrected chi connectivity index (χ3v) is 16.6. The van der Waals surface area contributed by atoms with Gasteiger partial charge in [0, 0.05) is 12.8 Å². The van der Waals surface area contributed by atoms with Gasteiger partial charge in [-0.3, -0.25) is 9.59 Å². The highest BCUT2D eigenvalue weighted by atomic mass is 16.5. The zero-order valence-corrected chi connectivity index (χ0v) is 51.8. The smallest absolute Gasteiger partial charge is 0.305 e. The molecule has 3 N–H and O–H groups in total. The first-order valence-electron chi connectivity index (χ1n) is 35.0. The van der Waals surface area contributed by atoms with Gasteiger partial charge in [-0.05, 0) is 32.1 Å². The average Bonchev–Trinajstić information content (AvgIpc) is 3.42. The Balaban J connectivity index is 3.40. The van der Waals surface area contributed by atoms with Gasteiger partial charge < -0.3 is 20.3 Å². The zero-order chi connectivity index (χ0) is 55.0. The van der Waals surface area contributed by atoms with Crippen LogP contribution in [0.2, 0.25) is 0 Å². The van der Waals surface area contributed by atoms with E-state index >= 15 is 0 Å². The molecule has 2 unspecified atom stereocenters. The third-order valence-electron chi connectivity index (χ3n) is 16.6. The second kappa shape index (κ2) is 66.1. The highest BCUT2D eigenvalue weighted by molar-refractivity contribution is 5.76. The highest BCUT2D eigenvalue weighted by Gasteiger charge is 2.18. The summed E-state index contributed by atoms with van der Waals surface area (Å²) in [6, 6.07) is -0.628. The predicted molar refractivity (Wildman–Crippen MR) is 333 cm³/mol. The number of rotatable bonds is 66. The Morgan fingerprint density at radius 2 is 0.605 bits per heavy atom. The van der Waals surface area contributed by atoms with Crippen molar-refractivity contribution in [2.45, 2.75) is 411 Å². The molecule has 2 atom stereocenters. The lowest BCUT2D eigenvalue weighted by atomic mass is 10.0. The average molecular weight is 1070 g/mol. The van der Waals surface area contributed by atoms with Crippen molar-refractivity contribution in [1.29, 1.82) is 0 Å². The molecule has 452 valence electrons. The second-order valence-electron chi connectivity index (χ2n) is 24.2. The SMILES string of the molecule is CCCCCCCCCCCCCCCCCCCCCCC/C=C/C(O)C(CO)NC(=O)CCCCCCCCCCCCCCCCCCCCCCCCOC(=O)CCCCCCCCCCCCCCCC. The molecule has 0 saturated carbocycles. The number of hydrogen-bond donors (Lipinski definition) is 3. The second-order valence-corrected chi connectivity index (χ2v) is 24.2. The molecule has 76 heavy (non-hydrogen) atoms. The Bertz CT molecular complexity index is 1140. The van der Waals surface area contributed by atoms with Crippen molar-refractivity contribution in [3.05, 3.63) is 12.2 Å². The molecular formula is C70H137NO5. The number of aliphatic hydroxyl groups excluding tert-OH is 2. The zero-order valence-electron chi connectivity index (χ0n) is 51.8. The van der Waals surface area contributed by atoms with E-state index in [4.69, 9.17) is 4.74 Å². The van der Waals surface area contributed by atoms with Crippen LogP contribution in [-0.4, -0.2) is 47.4 Å². The summed E-state index contributed by atoms with van der Waals surface area (Å²) in [5.41, 5.74) is 0. The van der Waals surface area contributed by atoms with Crippen LogP contribution in [0.1, 0.15) is 399 Å². The predicted octanol–water partition coefficient (Wildman–Crippen LogP) is 22.4. The third kappa shape index (κ3) is 61.8. The molecule has 0 radical (unpaired) electrons. The van der Waals surface area contributed by atoms with E-state index in [0.717, 1.165) is 38.5 Å². The number of carbonyl (C=O) groups is 2. The summed E-state index contributed by atoms with van der Waals surface area (Å²) >= 11 is 0. The van der Waals surface area contributed by atoms with Gasteiger partial charge >= 0.3 is 5.97 Å². The lowest BCUT2D eigenvalue weighted by Gasteiger charge is -2.20. The van der Waals surface area contributed by atoms with Crippen molar-refractivity contribution in [3.8, 4) is 0 Å². The number of carbonyl (C=O) groups excluding carboxylic acids is 2. The van der Waals surface area contributed by atoms with E-state index < -0.39 is 12.1 Å². The quantitative estimate of drug-likeness (QED) is 0.0320. The lowest BCUT2D eigenvalue weighted by Crippen LogP contribution is -2.45. The van der Waals surface area contributed by atoms with Crippen LogP contribution in [0.3, 0.4) is 0 Å². The van der Waals surface area contributed by atoms with Gasteiger partial charge in [-0.15, -0.1) is 0 Å². The van der Waals surface area contributed by atoms with Crippen LogP contribution in [0.15, 0.2) is 12.2 Å². The molecule has 0 rings (SSSR count). The van der Waals surface area contributed by atoms with E-state index in [-0.39, 0.29) is 18.5 Å². The van der Waals surface area contributed by atoms with Crippen molar-refractivity contribution < 1.29 is 24.5 Å². The first-order chi connectivity index (χ1) is 37.5. The fourth-order valence-electron chi connectivity index (χ4n) is 11.2. The molecule has 0 heterocycles. The van der Waals surface area contributed by atoms with E-state index in [1.165, 1.54) is 334 Å². The van der Waals surface area contributed by atoms with Crippen LogP contribution >= 0.6 is 0 Å². The molecule has 6 heteroatoms. The van der Waals surface area contributed by atoms with E-state index in [0.29, 0.717) is 19.4 Å². The summed E-state index contributed by atoms with van der Waals surface area (Å²) in [7, 11) is 0. The van der Waals surface area contributed by atoms with Crippen LogP contribution in [0, 0.1) is 0 Å². The first-order valence-corrected chi connectivity index (χ1v) is 35.0. The fraction of sp³-hybridized carbons (Fsp3) is 0.943. The number of amides is 1. The molecule has 6 nitrogen and oxygen atoms in total. The maximum Gasteiger partial charge on any atom is 0.305 e. The number of hydrogen-bond acceptors (Lipinski definition) is 5. The van der Waals surface area contributed by atoms with E-state index in [1.54, 1.807) is 6.08 Å². The van der Waals surface area contributed by atoms with Crippen molar-refractivity contribution >= 4 is 11.9 Å². The molecule has 0 aromatic heterocycles. The summed E-state index contributed by atoms with van der Waals surface area (Å²) in [6.07, 6.45) is 81.4. The molecule has 0 aliphatic carbocycles. The number of ether oxygens (including phenoxy) is 1. The molecule has 0 fully saturated rings. The Labute approximate surface area is 476 Å².